The molecule has 2 N–H and O–H groups in total. The number of hydrogen-bond acceptors (Lipinski definition) is 3. The highest BCUT2D eigenvalue weighted by Gasteiger charge is 2.17. The lowest BCUT2D eigenvalue weighted by atomic mass is 9.96. The fraction of sp³-hybridized carbons (Fsp3) is 0.562. The number of benzene rings is 1. The number of hydrogen-bond donors (Lipinski definition) is 2. The molecule has 1 amide bonds. The van der Waals surface area contributed by atoms with E-state index in [1.165, 1.54) is 0 Å². The first-order valence-electron chi connectivity index (χ1n) is 7.52. The predicted octanol–water partition coefficient (Wildman–Crippen LogP) is 2.80. The Morgan fingerprint density at radius 2 is 2.30 bits per heavy atom. The van der Waals surface area contributed by atoms with Gasteiger partial charge in [-0.05, 0) is 50.4 Å². The van der Waals surface area contributed by atoms with Crippen LogP contribution in [0.2, 0.25) is 0 Å². The molecule has 0 spiro atoms. The monoisotopic (exact) mass is 276 g/mol. The van der Waals surface area contributed by atoms with Crippen molar-refractivity contribution < 1.29 is 9.53 Å². The molecular weight excluding hydrogens is 252 g/mol. The summed E-state index contributed by atoms with van der Waals surface area (Å²) < 4.78 is 5.65. The largest absolute Gasteiger partial charge is 0.491 e. The molecule has 4 heteroatoms. The van der Waals surface area contributed by atoms with Gasteiger partial charge in [0.1, 0.15) is 5.75 Å². The number of carbonyl (C=O) groups is 1. The molecular formula is C16H24N2O2. The van der Waals surface area contributed by atoms with Crippen molar-refractivity contribution in [2.75, 3.05) is 25.0 Å². The van der Waals surface area contributed by atoms with Crippen LogP contribution in [0.4, 0.5) is 5.69 Å². The van der Waals surface area contributed by atoms with Crippen LogP contribution in [-0.2, 0) is 4.79 Å². The summed E-state index contributed by atoms with van der Waals surface area (Å²) in [5.41, 5.74) is 0.773. The maximum atomic E-state index is 12.1. The van der Waals surface area contributed by atoms with Crippen LogP contribution in [0.3, 0.4) is 0 Å². The quantitative estimate of drug-likeness (QED) is 0.840. The zero-order valence-electron chi connectivity index (χ0n) is 12.2. The van der Waals surface area contributed by atoms with Gasteiger partial charge >= 0.3 is 0 Å². The third kappa shape index (κ3) is 4.53. The fourth-order valence-electron chi connectivity index (χ4n) is 2.47. The number of nitrogens with one attached hydrogen (secondary N) is 2. The number of carbonyl (C=O) groups excluding carboxylic acids is 1. The third-order valence-electron chi connectivity index (χ3n) is 3.50. The molecule has 1 aliphatic rings. The summed E-state index contributed by atoms with van der Waals surface area (Å²) in [6.07, 6.45) is 3.83. The molecule has 1 fully saturated rings. The molecule has 0 aliphatic carbocycles. The van der Waals surface area contributed by atoms with Gasteiger partial charge in [0.05, 0.1) is 12.3 Å². The number of anilines is 1. The SMILES string of the molecule is CCCOc1ccccc1NC(=O)CC1CCCNC1. The third-order valence-corrected chi connectivity index (χ3v) is 3.50. The van der Waals surface area contributed by atoms with Crippen LogP contribution in [0.1, 0.15) is 32.6 Å². The van der Waals surface area contributed by atoms with E-state index in [4.69, 9.17) is 4.74 Å². The van der Waals surface area contributed by atoms with E-state index in [1.54, 1.807) is 0 Å². The summed E-state index contributed by atoms with van der Waals surface area (Å²) >= 11 is 0. The Morgan fingerprint density at radius 3 is 3.05 bits per heavy atom. The lowest BCUT2D eigenvalue weighted by molar-refractivity contribution is -0.117. The van der Waals surface area contributed by atoms with Gasteiger partial charge in [0.2, 0.25) is 5.91 Å². The van der Waals surface area contributed by atoms with Crippen molar-refractivity contribution in [2.24, 2.45) is 5.92 Å². The van der Waals surface area contributed by atoms with E-state index in [2.05, 4.69) is 17.6 Å². The molecule has 0 saturated carbocycles. The summed E-state index contributed by atoms with van der Waals surface area (Å²) in [6.45, 7) is 4.75. The van der Waals surface area contributed by atoms with E-state index in [1.807, 2.05) is 24.3 Å². The fourth-order valence-corrected chi connectivity index (χ4v) is 2.47. The summed E-state index contributed by atoms with van der Waals surface area (Å²) in [5.74, 6) is 1.28. The lowest BCUT2D eigenvalue weighted by Crippen LogP contribution is -2.32. The Balaban J connectivity index is 1.89. The van der Waals surface area contributed by atoms with Crippen molar-refractivity contribution in [2.45, 2.75) is 32.6 Å². The van der Waals surface area contributed by atoms with Crippen molar-refractivity contribution >= 4 is 11.6 Å². The zero-order chi connectivity index (χ0) is 14.2. The van der Waals surface area contributed by atoms with E-state index < -0.39 is 0 Å². The van der Waals surface area contributed by atoms with Gasteiger partial charge in [0.25, 0.3) is 0 Å². The van der Waals surface area contributed by atoms with Gasteiger partial charge < -0.3 is 15.4 Å². The molecule has 1 aromatic rings. The van der Waals surface area contributed by atoms with Gasteiger partial charge in [-0.2, -0.15) is 0 Å². The van der Waals surface area contributed by atoms with E-state index in [-0.39, 0.29) is 5.91 Å². The first kappa shape index (κ1) is 14.9. The van der Waals surface area contributed by atoms with E-state index in [0.717, 1.165) is 43.8 Å². The highest BCUT2D eigenvalue weighted by atomic mass is 16.5. The van der Waals surface area contributed by atoms with Gasteiger partial charge in [-0.1, -0.05) is 19.1 Å². The van der Waals surface area contributed by atoms with Crippen LogP contribution in [0.15, 0.2) is 24.3 Å². The first-order chi connectivity index (χ1) is 9.79. The standard InChI is InChI=1S/C16H24N2O2/c1-2-10-20-15-8-4-3-7-14(15)18-16(19)11-13-6-5-9-17-12-13/h3-4,7-8,13,17H,2,5-6,9-12H2,1H3,(H,18,19). The molecule has 1 unspecified atom stereocenters. The summed E-state index contributed by atoms with van der Waals surface area (Å²) in [5, 5.41) is 6.31. The average molecular weight is 276 g/mol. The molecule has 110 valence electrons. The normalized spacial score (nSPS) is 18.6. The number of rotatable bonds is 6. The molecule has 1 aliphatic heterocycles. The highest BCUT2D eigenvalue weighted by molar-refractivity contribution is 5.92. The van der Waals surface area contributed by atoms with Gasteiger partial charge in [0, 0.05) is 6.42 Å². The van der Waals surface area contributed by atoms with E-state index in [0.29, 0.717) is 18.9 Å². The average Bonchev–Trinajstić information content (AvgIpc) is 2.47. The summed E-state index contributed by atoms with van der Waals surface area (Å²) in [7, 11) is 0. The van der Waals surface area contributed by atoms with Gasteiger partial charge in [0.15, 0.2) is 0 Å². The molecule has 1 heterocycles. The van der Waals surface area contributed by atoms with Crippen molar-refractivity contribution in [1.82, 2.24) is 5.32 Å². The molecule has 2 rings (SSSR count). The Morgan fingerprint density at radius 1 is 1.45 bits per heavy atom. The second-order valence-electron chi connectivity index (χ2n) is 5.31. The van der Waals surface area contributed by atoms with Crippen molar-refractivity contribution in [1.29, 1.82) is 0 Å². The Labute approximate surface area is 120 Å². The number of amides is 1. The van der Waals surface area contributed by atoms with Crippen LogP contribution < -0.4 is 15.4 Å². The Kier molecular flexibility index (Phi) is 5.87. The molecule has 1 atom stereocenters. The first-order valence-corrected chi connectivity index (χ1v) is 7.52. The lowest BCUT2D eigenvalue weighted by Gasteiger charge is -2.22. The smallest absolute Gasteiger partial charge is 0.224 e. The number of piperidine rings is 1. The van der Waals surface area contributed by atoms with Crippen LogP contribution in [0, 0.1) is 5.92 Å². The Bertz CT molecular complexity index is 428. The summed E-state index contributed by atoms with van der Waals surface area (Å²) in [6, 6.07) is 7.62. The van der Waals surface area contributed by atoms with Crippen LogP contribution in [0.25, 0.3) is 0 Å². The highest BCUT2D eigenvalue weighted by Crippen LogP contribution is 2.24. The Hall–Kier alpha value is -1.55. The van der Waals surface area contributed by atoms with E-state index >= 15 is 0 Å². The molecule has 0 aromatic heterocycles. The van der Waals surface area contributed by atoms with Gasteiger partial charge in [-0.3, -0.25) is 4.79 Å². The zero-order valence-corrected chi connectivity index (χ0v) is 12.2. The van der Waals surface area contributed by atoms with Gasteiger partial charge in [-0.15, -0.1) is 0 Å². The molecule has 1 saturated heterocycles. The van der Waals surface area contributed by atoms with Gasteiger partial charge in [-0.25, -0.2) is 0 Å². The second kappa shape index (κ2) is 7.90. The van der Waals surface area contributed by atoms with Crippen molar-refractivity contribution in [3.05, 3.63) is 24.3 Å². The van der Waals surface area contributed by atoms with Crippen LogP contribution >= 0.6 is 0 Å². The number of ether oxygens (including phenoxy) is 1. The minimum atomic E-state index is 0.0752. The molecule has 0 radical (unpaired) electrons. The summed E-state index contributed by atoms with van der Waals surface area (Å²) in [4.78, 5) is 12.1. The van der Waals surface area contributed by atoms with Crippen molar-refractivity contribution in [3.8, 4) is 5.75 Å². The molecule has 0 bridgehead atoms. The van der Waals surface area contributed by atoms with Crippen LogP contribution in [-0.4, -0.2) is 25.6 Å². The maximum absolute atomic E-state index is 12.1. The molecule has 20 heavy (non-hydrogen) atoms. The molecule has 4 nitrogen and oxygen atoms in total. The molecule has 1 aromatic carbocycles. The number of para-hydroxylation sites is 2. The predicted molar refractivity (Wildman–Crippen MR) is 81.1 cm³/mol. The topological polar surface area (TPSA) is 50.4 Å². The second-order valence-corrected chi connectivity index (χ2v) is 5.31. The minimum Gasteiger partial charge on any atom is -0.491 e. The minimum absolute atomic E-state index is 0.0752. The maximum Gasteiger partial charge on any atom is 0.224 e. The van der Waals surface area contributed by atoms with Crippen LogP contribution in [0.5, 0.6) is 5.75 Å². The van der Waals surface area contributed by atoms with E-state index in [9.17, 15) is 4.79 Å². The van der Waals surface area contributed by atoms with Crippen molar-refractivity contribution in [3.63, 3.8) is 0 Å².